The Morgan fingerprint density at radius 2 is 2.17 bits per heavy atom. The molecule has 0 aliphatic rings. The predicted octanol–water partition coefficient (Wildman–Crippen LogP) is 3.12. The quantitative estimate of drug-likeness (QED) is 0.509. The van der Waals surface area contributed by atoms with E-state index in [1.807, 2.05) is 24.3 Å². The van der Waals surface area contributed by atoms with Gasteiger partial charge >= 0.3 is 0 Å². The lowest BCUT2D eigenvalue weighted by Crippen LogP contribution is -1.74. The first kappa shape index (κ1) is 8.89. The maximum atomic E-state index is 8.26. The molecule has 1 aromatic rings. The molecule has 0 heterocycles. The van der Waals surface area contributed by atoms with Gasteiger partial charge in [-0.25, -0.2) is 0 Å². The van der Waals surface area contributed by atoms with E-state index in [9.17, 15) is 0 Å². The molecule has 1 nitrogen and oxygen atoms in total. The number of nitriles is 1. The summed E-state index contributed by atoms with van der Waals surface area (Å²) >= 11 is 1.57. The van der Waals surface area contributed by atoms with Gasteiger partial charge in [0.2, 0.25) is 0 Å². The van der Waals surface area contributed by atoms with Crippen LogP contribution < -0.4 is 0 Å². The van der Waals surface area contributed by atoms with Gasteiger partial charge in [0.05, 0.1) is 6.07 Å². The van der Waals surface area contributed by atoms with Crippen molar-refractivity contribution in [3.63, 3.8) is 0 Å². The zero-order valence-electron chi connectivity index (χ0n) is 6.82. The summed E-state index contributed by atoms with van der Waals surface area (Å²) in [5, 5.41) is 10.1. The number of allylic oxidation sites excluding steroid dienone is 1. The van der Waals surface area contributed by atoms with Crippen molar-refractivity contribution in [1.82, 2.24) is 0 Å². The molecule has 0 fully saturated rings. The molecule has 1 aromatic carbocycles. The first-order chi connectivity index (χ1) is 5.84. The molecule has 0 unspecified atom stereocenters. The summed E-state index contributed by atoms with van der Waals surface area (Å²) in [5.74, 6) is 0. The molecular formula is C10H9NS. The van der Waals surface area contributed by atoms with Gasteiger partial charge in [-0.05, 0) is 24.0 Å². The molecule has 0 saturated heterocycles. The molecule has 1 rings (SSSR count). The van der Waals surface area contributed by atoms with E-state index in [0.29, 0.717) is 0 Å². The molecule has 0 aromatic heterocycles. The lowest BCUT2D eigenvalue weighted by Gasteiger charge is -1.98. The second-order valence-electron chi connectivity index (χ2n) is 2.32. The molecule has 0 atom stereocenters. The molecule has 0 aliphatic heterocycles. The molecule has 12 heavy (non-hydrogen) atoms. The highest BCUT2D eigenvalue weighted by atomic mass is 32.2. The van der Waals surface area contributed by atoms with Crippen molar-refractivity contribution in [2.45, 2.75) is 11.8 Å². The maximum Gasteiger partial charge on any atom is 0.0917 e. The fourth-order valence-corrected chi connectivity index (χ4v) is 1.51. The number of benzene rings is 1. The van der Waals surface area contributed by atoms with E-state index in [1.54, 1.807) is 17.2 Å². The number of aryl methyl sites for hydroxylation is 1. The smallest absolute Gasteiger partial charge is 0.0917 e. The molecule has 0 saturated carbocycles. The van der Waals surface area contributed by atoms with Crippen LogP contribution in [-0.2, 0) is 0 Å². The van der Waals surface area contributed by atoms with Crippen LogP contribution in [0, 0.1) is 18.3 Å². The third kappa shape index (κ3) is 2.44. The lowest BCUT2D eigenvalue weighted by atomic mass is 10.2. The van der Waals surface area contributed by atoms with Crippen LogP contribution in [-0.4, -0.2) is 0 Å². The van der Waals surface area contributed by atoms with E-state index in [4.69, 9.17) is 5.26 Å². The van der Waals surface area contributed by atoms with E-state index in [0.717, 1.165) is 0 Å². The summed E-state index contributed by atoms with van der Waals surface area (Å²) in [6.45, 7) is 2.06. The Balaban J connectivity index is 2.71. The van der Waals surface area contributed by atoms with Gasteiger partial charge in [0, 0.05) is 11.0 Å². The minimum atomic E-state index is 1.20. The van der Waals surface area contributed by atoms with E-state index < -0.39 is 0 Å². The van der Waals surface area contributed by atoms with Crippen LogP contribution >= 0.6 is 11.8 Å². The molecule has 0 aliphatic carbocycles. The highest BCUT2D eigenvalue weighted by Crippen LogP contribution is 2.22. The van der Waals surface area contributed by atoms with Gasteiger partial charge in [0.1, 0.15) is 0 Å². The predicted molar refractivity (Wildman–Crippen MR) is 51.8 cm³/mol. The highest BCUT2D eigenvalue weighted by Gasteiger charge is 1.92. The molecule has 60 valence electrons. The van der Waals surface area contributed by atoms with Gasteiger partial charge < -0.3 is 0 Å². The number of thioether (sulfide) groups is 1. The highest BCUT2D eigenvalue weighted by molar-refractivity contribution is 8.02. The van der Waals surface area contributed by atoms with Gasteiger partial charge in [-0.2, -0.15) is 5.26 Å². The summed E-state index contributed by atoms with van der Waals surface area (Å²) in [5.41, 5.74) is 1.24. The Morgan fingerprint density at radius 1 is 1.42 bits per heavy atom. The summed E-state index contributed by atoms with van der Waals surface area (Å²) < 4.78 is 0. The van der Waals surface area contributed by atoms with Crippen LogP contribution in [0.2, 0.25) is 0 Å². The van der Waals surface area contributed by atoms with E-state index >= 15 is 0 Å². The molecule has 0 spiro atoms. The van der Waals surface area contributed by atoms with Gasteiger partial charge in [-0.1, -0.05) is 30.0 Å². The van der Waals surface area contributed by atoms with Crippen LogP contribution in [0.1, 0.15) is 5.56 Å². The van der Waals surface area contributed by atoms with E-state index in [1.165, 1.54) is 16.5 Å². The Labute approximate surface area is 76.7 Å². The first-order valence-electron chi connectivity index (χ1n) is 3.61. The summed E-state index contributed by atoms with van der Waals surface area (Å²) in [6, 6.07) is 10.1. The first-order valence-corrected chi connectivity index (χ1v) is 4.49. The van der Waals surface area contributed by atoms with Gasteiger partial charge in [0.25, 0.3) is 0 Å². The number of nitrogens with zero attached hydrogens (tertiary/aromatic N) is 1. The minimum absolute atomic E-state index is 1.20. The number of rotatable bonds is 2. The van der Waals surface area contributed by atoms with Crippen molar-refractivity contribution < 1.29 is 0 Å². The molecule has 0 amide bonds. The molecule has 0 bridgehead atoms. The zero-order chi connectivity index (χ0) is 8.81. The average molecular weight is 175 g/mol. The zero-order valence-corrected chi connectivity index (χ0v) is 7.64. The molecule has 0 radical (unpaired) electrons. The molecule has 2 heteroatoms. The second-order valence-corrected chi connectivity index (χ2v) is 3.26. The average Bonchev–Trinajstić information content (AvgIpc) is 2.09. The number of hydrogen-bond donors (Lipinski definition) is 0. The summed E-state index contributed by atoms with van der Waals surface area (Å²) in [6.07, 6.45) is 1.48. The standard InChI is InChI=1S/C10H9NS/c1-9-5-2-3-6-10(9)12-8-4-7-11/h2-6,8H,1H3. The fourth-order valence-electron chi connectivity index (χ4n) is 0.826. The van der Waals surface area contributed by atoms with Crippen molar-refractivity contribution in [1.29, 1.82) is 5.26 Å². The number of hydrogen-bond acceptors (Lipinski definition) is 2. The Morgan fingerprint density at radius 3 is 2.83 bits per heavy atom. The summed E-state index contributed by atoms with van der Waals surface area (Å²) in [7, 11) is 0. The van der Waals surface area contributed by atoms with Crippen molar-refractivity contribution in [2.24, 2.45) is 0 Å². The van der Waals surface area contributed by atoms with Gasteiger partial charge in [-0.3, -0.25) is 0 Å². The fraction of sp³-hybridized carbons (Fsp3) is 0.100. The third-order valence-electron chi connectivity index (χ3n) is 1.43. The largest absolute Gasteiger partial charge is 0.193 e. The van der Waals surface area contributed by atoms with Crippen LogP contribution in [0.25, 0.3) is 0 Å². The van der Waals surface area contributed by atoms with E-state index in [2.05, 4.69) is 13.0 Å². The maximum absolute atomic E-state index is 8.26. The van der Waals surface area contributed by atoms with E-state index in [-0.39, 0.29) is 0 Å². The SMILES string of the molecule is Cc1ccccc1SC=CC#N. The van der Waals surface area contributed by atoms with Crippen molar-refractivity contribution in [3.05, 3.63) is 41.3 Å². The Hall–Kier alpha value is -1.20. The van der Waals surface area contributed by atoms with Crippen LogP contribution in [0.3, 0.4) is 0 Å². The van der Waals surface area contributed by atoms with Crippen LogP contribution in [0.4, 0.5) is 0 Å². The molecule has 0 N–H and O–H groups in total. The van der Waals surface area contributed by atoms with Crippen LogP contribution in [0.15, 0.2) is 40.6 Å². The van der Waals surface area contributed by atoms with Gasteiger partial charge in [-0.15, -0.1) is 0 Å². The normalized spacial score (nSPS) is 10.0. The van der Waals surface area contributed by atoms with Crippen molar-refractivity contribution in [3.8, 4) is 6.07 Å². The summed E-state index contributed by atoms with van der Waals surface area (Å²) in [4.78, 5) is 1.20. The van der Waals surface area contributed by atoms with Crippen LogP contribution in [0.5, 0.6) is 0 Å². The topological polar surface area (TPSA) is 23.8 Å². The van der Waals surface area contributed by atoms with Crippen molar-refractivity contribution >= 4 is 11.8 Å². The third-order valence-corrected chi connectivity index (χ3v) is 2.42. The second kappa shape index (κ2) is 4.63. The monoisotopic (exact) mass is 175 g/mol. The Bertz CT molecular complexity index is 323. The Kier molecular flexibility index (Phi) is 3.43. The van der Waals surface area contributed by atoms with Gasteiger partial charge in [0.15, 0.2) is 0 Å². The minimum Gasteiger partial charge on any atom is -0.193 e. The van der Waals surface area contributed by atoms with Crippen molar-refractivity contribution in [2.75, 3.05) is 0 Å². The molecular weight excluding hydrogens is 166 g/mol. The lowest BCUT2D eigenvalue weighted by molar-refractivity contribution is 1.31.